The second-order valence-corrected chi connectivity index (χ2v) is 14.0. The predicted octanol–water partition coefficient (Wildman–Crippen LogP) is 4.70. The Morgan fingerprint density at radius 1 is 1.21 bits per heavy atom. The van der Waals surface area contributed by atoms with Gasteiger partial charge in [-0.2, -0.15) is 4.31 Å². The SMILES string of the molecule is Cc1ccc(F)c([C@@H](C)[C@@H](c2n[nH]c(=O)o2)N2CN(C3CN(C(=O)OC(C)(C)C)C3)c3cc(Cl)ccc3S2(=O)=O)c1C. The molecule has 42 heavy (non-hydrogen) atoms. The number of amides is 1. The van der Waals surface area contributed by atoms with Gasteiger partial charge in [0.25, 0.3) is 0 Å². The monoisotopic (exact) mass is 621 g/mol. The minimum absolute atomic E-state index is 0.0228. The largest absolute Gasteiger partial charge is 0.444 e. The molecule has 3 aromatic rings. The predicted molar refractivity (Wildman–Crippen MR) is 154 cm³/mol. The molecule has 1 N–H and O–H groups in total. The molecule has 1 aromatic heterocycles. The van der Waals surface area contributed by atoms with Crippen LogP contribution in [0.4, 0.5) is 14.9 Å². The number of aromatic nitrogens is 2. The third-order valence-corrected chi connectivity index (χ3v) is 9.84. The number of nitrogens with one attached hydrogen (secondary N) is 1. The van der Waals surface area contributed by atoms with E-state index < -0.39 is 45.3 Å². The van der Waals surface area contributed by atoms with E-state index in [-0.39, 0.29) is 42.1 Å². The number of likely N-dealkylation sites (tertiary alicyclic amines) is 1. The molecule has 1 saturated heterocycles. The van der Waals surface area contributed by atoms with Crippen molar-refractivity contribution in [2.24, 2.45) is 0 Å². The third kappa shape index (κ3) is 5.40. The first-order valence-electron chi connectivity index (χ1n) is 13.5. The lowest BCUT2D eigenvalue weighted by molar-refractivity contribution is 0.00721. The van der Waals surface area contributed by atoms with Crippen molar-refractivity contribution in [2.45, 2.75) is 70.0 Å². The van der Waals surface area contributed by atoms with Crippen LogP contribution in [0.3, 0.4) is 0 Å². The van der Waals surface area contributed by atoms with E-state index in [1.807, 2.05) is 11.8 Å². The minimum atomic E-state index is -4.24. The van der Waals surface area contributed by atoms with Crippen molar-refractivity contribution in [1.29, 1.82) is 0 Å². The first-order chi connectivity index (χ1) is 19.6. The first-order valence-corrected chi connectivity index (χ1v) is 15.3. The number of carbonyl (C=O) groups is 1. The minimum Gasteiger partial charge on any atom is -0.444 e. The summed E-state index contributed by atoms with van der Waals surface area (Å²) in [7, 11) is -4.24. The van der Waals surface area contributed by atoms with Crippen molar-refractivity contribution in [3.8, 4) is 0 Å². The van der Waals surface area contributed by atoms with Crippen molar-refractivity contribution in [2.75, 3.05) is 24.7 Å². The normalized spacial score (nSPS) is 18.8. The molecular weight excluding hydrogens is 589 g/mol. The summed E-state index contributed by atoms with van der Waals surface area (Å²) in [6.45, 7) is 11.0. The summed E-state index contributed by atoms with van der Waals surface area (Å²) in [5, 5.41) is 6.53. The highest BCUT2D eigenvalue weighted by Crippen LogP contribution is 2.46. The molecule has 3 heterocycles. The fraction of sp³-hybridized carbons (Fsp3) is 0.464. The Balaban J connectivity index is 1.59. The molecule has 11 nitrogen and oxygen atoms in total. The van der Waals surface area contributed by atoms with Crippen LogP contribution >= 0.6 is 11.6 Å². The van der Waals surface area contributed by atoms with Crippen LogP contribution in [0, 0.1) is 19.7 Å². The summed E-state index contributed by atoms with van der Waals surface area (Å²) in [4.78, 5) is 28.0. The van der Waals surface area contributed by atoms with Gasteiger partial charge in [0.05, 0.1) is 18.4 Å². The summed E-state index contributed by atoms with van der Waals surface area (Å²) >= 11 is 6.31. The highest BCUT2D eigenvalue weighted by Gasteiger charge is 2.49. The highest BCUT2D eigenvalue weighted by molar-refractivity contribution is 7.89. The van der Waals surface area contributed by atoms with Crippen LogP contribution in [-0.2, 0) is 14.8 Å². The Morgan fingerprint density at radius 2 is 1.90 bits per heavy atom. The Morgan fingerprint density at radius 3 is 2.52 bits per heavy atom. The zero-order chi connectivity index (χ0) is 30.7. The van der Waals surface area contributed by atoms with Crippen LogP contribution in [0.15, 0.2) is 44.4 Å². The highest BCUT2D eigenvalue weighted by atomic mass is 35.5. The maximum atomic E-state index is 15.3. The number of nitrogens with zero attached hydrogens (tertiary/aromatic N) is 4. The molecule has 14 heteroatoms. The number of rotatable bonds is 5. The second-order valence-electron chi connectivity index (χ2n) is 11.7. The van der Waals surface area contributed by atoms with Gasteiger partial charge in [-0.1, -0.05) is 24.6 Å². The van der Waals surface area contributed by atoms with E-state index in [1.54, 1.807) is 46.8 Å². The summed E-state index contributed by atoms with van der Waals surface area (Å²) in [5.41, 5.74) is 1.46. The molecule has 0 spiro atoms. The Hall–Kier alpha value is -3.42. The maximum Gasteiger partial charge on any atom is 0.434 e. The molecule has 0 bridgehead atoms. The number of ether oxygens (including phenoxy) is 1. The van der Waals surface area contributed by atoms with Crippen LogP contribution in [0.1, 0.15) is 62.2 Å². The van der Waals surface area contributed by atoms with Gasteiger partial charge in [0.2, 0.25) is 15.9 Å². The zero-order valence-corrected chi connectivity index (χ0v) is 25.7. The van der Waals surface area contributed by atoms with E-state index >= 15 is 4.39 Å². The van der Waals surface area contributed by atoms with Crippen molar-refractivity contribution < 1.29 is 26.8 Å². The standard InChI is InChI=1S/C28H33ClFN5O6S/c1-15-7-9-20(30)23(16(15)2)17(3)24(25-31-32-26(36)40-25)35-14-34(19-12-33(13-19)27(37)41-28(4,5)6)21-11-18(29)8-10-22(21)42(35,38)39/h7-11,17,19,24H,12-14H2,1-6H3,(H,32,36)/t17-,24+/m1/s1. The van der Waals surface area contributed by atoms with E-state index in [2.05, 4.69) is 10.2 Å². The number of hydrogen-bond donors (Lipinski definition) is 1. The van der Waals surface area contributed by atoms with Crippen LogP contribution in [-0.4, -0.2) is 65.3 Å². The summed E-state index contributed by atoms with van der Waals surface area (Å²) < 4.78 is 55.8. The van der Waals surface area contributed by atoms with Crippen molar-refractivity contribution in [3.63, 3.8) is 0 Å². The smallest absolute Gasteiger partial charge is 0.434 e. The average Bonchev–Trinajstić information content (AvgIpc) is 3.27. The van der Waals surface area contributed by atoms with Gasteiger partial charge in [0.1, 0.15) is 22.4 Å². The summed E-state index contributed by atoms with van der Waals surface area (Å²) in [6, 6.07) is 5.96. The second kappa shape index (κ2) is 10.7. The van der Waals surface area contributed by atoms with E-state index in [9.17, 15) is 18.0 Å². The number of sulfonamides is 1. The van der Waals surface area contributed by atoms with Gasteiger partial charge < -0.3 is 19.0 Å². The fourth-order valence-corrected chi connectivity index (χ4v) is 7.46. The molecule has 2 aromatic carbocycles. The quantitative estimate of drug-likeness (QED) is 0.434. The first kappa shape index (κ1) is 30.1. The van der Waals surface area contributed by atoms with Crippen molar-refractivity contribution >= 4 is 33.4 Å². The molecule has 2 aliphatic rings. The lowest BCUT2D eigenvalue weighted by atomic mass is 9.87. The number of hydrogen-bond acceptors (Lipinski definition) is 8. The lowest BCUT2D eigenvalue weighted by Crippen LogP contribution is -2.65. The van der Waals surface area contributed by atoms with Gasteiger partial charge in [0, 0.05) is 24.0 Å². The third-order valence-electron chi connectivity index (χ3n) is 7.74. The summed E-state index contributed by atoms with van der Waals surface area (Å²) in [6.07, 6.45) is -0.471. The number of H-pyrrole nitrogens is 1. The molecule has 1 fully saturated rings. The molecule has 226 valence electrons. The molecule has 0 unspecified atom stereocenters. The van der Waals surface area contributed by atoms with Gasteiger partial charge >= 0.3 is 11.8 Å². The van der Waals surface area contributed by atoms with Crippen LogP contribution in [0.5, 0.6) is 0 Å². The van der Waals surface area contributed by atoms with Crippen molar-refractivity contribution in [1.82, 2.24) is 19.4 Å². The van der Waals surface area contributed by atoms with E-state index in [4.69, 9.17) is 20.8 Å². The maximum absolute atomic E-state index is 15.3. The van der Waals surface area contributed by atoms with Gasteiger partial charge in [-0.05, 0) is 75.6 Å². The zero-order valence-electron chi connectivity index (χ0n) is 24.1. The van der Waals surface area contributed by atoms with Gasteiger partial charge in [0.15, 0.2) is 0 Å². The number of aryl methyl sites for hydroxylation is 1. The number of halogens is 2. The molecule has 5 rings (SSSR count). The van der Waals surface area contributed by atoms with Gasteiger partial charge in [-0.3, -0.25) is 0 Å². The molecule has 0 aliphatic carbocycles. The van der Waals surface area contributed by atoms with Crippen LogP contribution in [0.25, 0.3) is 0 Å². The fourth-order valence-electron chi connectivity index (χ4n) is 5.52. The van der Waals surface area contributed by atoms with Crippen molar-refractivity contribution in [3.05, 3.63) is 74.3 Å². The molecule has 0 saturated carbocycles. The lowest BCUT2D eigenvalue weighted by Gasteiger charge is -2.50. The number of benzene rings is 2. The molecule has 2 aliphatic heterocycles. The van der Waals surface area contributed by atoms with Gasteiger partial charge in [-0.15, -0.1) is 5.10 Å². The van der Waals surface area contributed by atoms with Gasteiger partial charge in [-0.25, -0.2) is 27.5 Å². The number of carbonyl (C=O) groups excluding carboxylic acids is 1. The Bertz CT molecular complexity index is 1700. The van der Waals surface area contributed by atoms with Crippen LogP contribution < -0.4 is 10.7 Å². The molecule has 1 amide bonds. The van der Waals surface area contributed by atoms with E-state index in [0.29, 0.717) is 16.3 Å². The van der Waals surface area contributed by atoms with E-state index in [0.717, 1.165) is 5.56 Å². The molecule has 0 radical (unpaired) electrons. The average molecular weight is 622 g/mol. The Kier molecular flexibility index (Phi) is 7.65. The number of fused-ring (bicyclic) bond motifs is 1. The summed E-state index contributed by atoms with van der Waals surface area (Å²) in [5.74, 6) is -2.40. The molecule has 2 atom stereocenters. The Labute approximate surface area is 248 Å². The number of anilines is 1. The molecular formula is C28H33ClFN5O6S. The van der Waals surface area contributed by atoms with Crippen LogP contribution in [0.2, 0.25) is 5.02 Å². The topological polar surface area (TPSA) is 129 Å². The van der Waals surface area contributed by atoms with E-state index in [1.165, 1.54) is 27.4 Å². The number of aromatic amines is 1.